The average molecular weight is 325 g/mol. The first-order valence-electron chi connectivity index (χ1n) is 4.04. The Kier molecular flexibility index (Phi) is 4.19. The number of Topliss-reactive ketones (excluding diaryl/α,β-unsaturated/α-hetero) is 1. The fraction of sp³-hybridized carbons (Fsp3) is 0.300. The lowest BCUT2D eigenvalue weighted by molar-refractivity contribution is -0.116. The van der Waals surface area contributed by atoms with Crippen LogP contribution in [0, 0.1) is 3.57 Å². The van der Waals surface area contributed by atoms with Crippen molar-refractivity contribution in [1.29, 1.82) is 0 Å². The normalized spacial score (nSPS) is 12.3. The number of ketones is 1. The molecule has 0 heterocycles. The highest BCUT2D eigenvalue weighted by Crippen LogP contribution is 2.28. The molecular formula is C10H10ClIO2. The maximum atomic E-state index is 11.1. The lowest BCUT2D eigenvalue weighted by atomic mass is 10.1. The Balaban J connectivity index is 3.06. The predicted octanol–water partition coefficient (Wildman–Crippen LogP) is 3.17. The van der Waals surface area contributed by atoms with Crippen molar-refractivity contribution >= 4 is 40.0 Å². The van der Waals surface area contributed by atoms with Gasteiger partial charge in [0.2, 0.25) is 0 Å². The molecule has 0 aliphatic rings. The maximum Gasteiger partial charge on any atom is 0.152 e. The lowest BCUT2D eigenvalue weighted by Crippen LogP contribution is -2.02. The van der Waals surface area contributed by atoms with E-state index in [2.05, 4.69) is 22.6 Å². The second-order valence-electron chi connectivity index (χ2n) is 2.87. The number of methoxy groups -OCH3 is 1. The van der Waals surface area contributed by atoms with Crippen LogP contribution in [0.2, 0.25) is 0 Å². The van der Waals surface area contributed by atoms with Crippen molar-refractivity contribution in [3.8, 4) is 5.75 Å². The number of halogens is 2. The van der Waals surface area contributed by atoms with E-state index in [-0.39, 0.29) is 5.78 Å². The Morgan fingerprint density at radius 1 is 1.57 bits per heavy atom. The Hall–Kier alpha value is -0.290. The SMILES string of the molecule is COc1cc(C(Cl)C(C)=O)ccc1I. The Morgan fingerprint density at radius 3 is 2.71 bits per heavy atom. The lowest BCUT2D eigenvalue weighted by Gasteiger charge is -2.09. The molecule has 0 saturated heterocycles. The molecule has 76 valence electrons. The van der Waals surface area contributed by atoms with Gasteiger partial charge in [0.1, 0.15) is 11.1 Å². The highest BCUT2D eigenvalue weighted by atomic mass is 127. The van der Waals surface area contributed by atoms with Gasteiger partial charge in [-0.15, -0.1) is 11.6 Å². The van der Waals surface area contributed by atoms with Gasteiger partial charge in [-0.05, 0) is 47.2 Å². The third kappa shape index (κ3) is 2.60. The number of alkyl halides is 1. The van der Waals surface area contributed by atoms with Crippen molar-refractivity contribution in [3.05, 3.63) is 27.3 Å². The molecule has 0 aliphatic heterocycles. The number of ether oxygens (including phenoxy) is 1. The predicted molar refractivity (Wildman–Crippen MR) is 65.0 cm³/mol. The quantitative estimate of drug-likeness (QED) is 0.630. The van der Waals surface area contributed by atoms with E-state index in [1.807, 2.05) is 12.1 Å². The molecule has 0 N–H and O–H groups in total. The summed E-state index contributed by atoms with van der Waals surface area (Å²) in [5.74, 6) is 0.685. The van der Waals surface area contributed by atoms with Crippen LogP contribution in [-0.2, 0) is 4.79 Å². The van der Waals surface area contributed by atoms with Gasteiger partial charge >= 0.3 is 0 Å². The van der Waals surface area contributed by atoms with E-state index in [4.69, 9.17) is 16.3 Å². The molecule has 2 nitrogen and oxygen atoms in total. The highest BCUT2D eigenvalue weighted by molar-refractivity contribution is 14.1. The topological polar surface area (TPSA) is 26.3 Å². The van der Waals surface area contributed by atoms with Crippen molar-refractivity contribution in [1.82, 2.24) is 0 Å². The molecule has 0 bridgehead atoms. The molecule has 4 heteroatoms. The molecule has 1 atom stereocenters. The van der Waals surface area contributed by atoms with Crippen LogP contribution in [0.1, 0.15) is 17.9 Å². The van der Waals surface area contributed by atoms with E-state index in [1.165, 1.54) is 6.92 Å². The van der Waals surface area contributed by atoms with Gasteiger partial charge in [-0.2, -0.15) is 0 Å². The van der Waals surface area contributed by atoms with Crippen molar-refractivity contribution < 1.29 is 9.53 Å². The van der Waals surface area contributed by atoms with E-state index in [9.17, 15) is 4.79 Å². The van der Waals surface area contributed by atoms with Crippen LogP contribution in [0.15, 0.2) is 18.2 Å². The molecule has 0 spiro atoms. The van der Waals surface area contributed by atoms with Crippen LogP contribution in [0.3, 0.4) is 0 Å². The van der Waals surface area contributed by atoms with Gasteiger partial charge in [-0.25, -0.2) is 0 Å². The summed E-state index contributed by atoms with van der Waals surface area (Å²) in [5, 5.41) is -0.583. The molecule has 0 amide bonds. The average Bonchev–Trinajstić information content (AvgIpc) is 2.17. The van der Waals surface area contributed by atoms with Gasteiger partial charge in [-0.1, -0.05) is 6.07 Å². The molecule has 14 heavy (non-hydrogen) atoms. The third-order valence-corrected chi connectivity index (χ3v) is 3.28. The molecule has 0 saturated carbocycles. The van der Waals surface area contributed by atoms with E-state index >= 15 is 0 Å². The third-order valence-electron chi connectivity index (χ3n) is 1.82. The van der Waals surface area contributed by atoms with Gasteiger partial charge in [0, 0.05) is 0 Å². The first kappa shape index (κ1) is 11.8. The number of carbonyl (C=O) groups is 1. The summed E-state index contributed by atoms with van der Waals surface area (Å²) in [4.78, 5) is 11.1. The first-order valence-corrected chi connectivity index (χ1v) is 5.55. The summed E-state index contributed by atoms with van der Waals surface area (Å²) in [6, 6.07) is 5.51. The van der Waals surface area contributed by atoms with Crippen LogP contribution in [-0.4, -0.2) is 12.9 Å². The Morgan fingerprint density at radius 2 is 2.21 bits per heavy atom. The summed E-state index contributed by atoms with van der Waals surface area (Å²) in [6.07, 6.45) is 0. The number of hydrogen-bond acceptors (Lipinski definition) is 2. The first-order chi connectivity index (χ1) is 6.56. The van der Waals surface area contributed by atoms with Crippen molar-refractivity contribution in [2.75, 3.05) is 7.11 Å². The Bertz CT molecular complexity index is 352. The van der Waals surface area contributed by atoms with Gasteiger partial charge in [0.15, 0.2) is 5.78 Å². The molecule has 1 aromatic carbocycles. The zero-order valence-electron chi connectivity index (χ0n) is 7.88. The van der Waals surface area contributed by atoms with Crippen LogP contribution in [0.25, 0.3) is 0 Å². The largest absolute Gasteiger partial charge is 0.496 e. The fourth-order valence-corrected chi connectivity index (χ4v) is 1.76. The van der Waals surface area contributed by atoms with E-state index < -0.39 is 5.38 Å². The number of benzene rings is 1. The highest BCUT2D eigenvalue weighted by Gasteiger charge is 2.14. The van der Waals surface area contributed by atoms with E-state index in [1.54, 1.807) is 13.2 Å². The monoisotopic (exact) mass is 324 g/mol. The molecule has 0 aliphatic carbocycles. The molecule has 1 aromatic rings. The summed E-state index contributed by atoms with van der Waals surface area (Å²) in [7, 11) is 1.60. The van der Waals surface area contributed by atoms with Gasteiger partial charge in [0.05, 0.1) is 10.7 Å². The molecule has 1 rings (SSSR count). The van der Waals surface area contributed by atoms with E-state index in [0.717, 1.165) is 14.9 Å². The molecular weight excluding hydrogens is 314 g/mol. The summed E-state index contributed by atoms with van der Waals surface area (Å²) >= 11 is 8.08. The molecule has 0 aromatic heterocycles. The van der Waals surface area contributed by atoms with Crippen molar-refractivity contribution in [2.24, 2.45) is 0 Å². The van der Waals surface area contributed by atoms with Crippen LogP contribution < -0.4 is 4.74 Å². The smallest absolute Gasteiger partial charge is 0.152 e. The minimum absolute atomic E-state index is 0.0603. The second-order valence-corrected chi connectivity index (χ2v) is 4.47. The van der Waals surface area contributed by atoms with Crippen molar-refractivity contribution in [2.45, 2.75) is 12.3 Å². The minimum atomic E-state index is -0.583. The zero-order chi connectivity index (χ0) is 10.7. The van der Waals surface area contributed by atoms with Gasteiger partial charge < -0.3 is 4.74 Å². The molecule has 1 unspecified atom stereocenters. The number of carbonyl (C=O) groups excluding carboxylic acids is 1. The molecule has 0 fully saturated rings. The standard InChI is InChI=1S/C10H10ClIO2/c1-6(13)10(11)7-3-4-8(12)9(5-7)14-2/h3-5,10H,1-2H3. The minimum Gasteiger partial charge on any atom is -0.496 e. The summed E-state index contributed by atoms with van der Waals surface area (Å²) in [5.41, 5.74) is 0.774. The van der Waals surface area contributed by atoms with Crippen LogP contribution in [0.4, 0.5) is 0 Å². The molecule has 0 radical (unpaired) electrons. The fourth-order valence-electron chi connectivity index (χ4n) is 1.07. The number of rotatable bonds is 3. The number of hydrogen-bond donors (Lipinski definition) is 0. The van der Waals surface area contributed by atoms with Gasteiger partial charge in [0.25, 0.3) is 0 Å². The second kappa shape index (κ2) is 4.98. The van der Waals surface area contributed by atoms with Crippen LogP contribution >= 0.6 is 34.2 Å². The van der Waals surface area contributed by atoms with E-state index in [0.29, 0.717) is 0 Å². The van der Waals surface area contributed by atoms with Crippen LogP contribution in [0.5, 0.6) is 5.75 Å². The zero-order valence-corrected chi connectivity index (χ0v) is 10.8. The van der Waals surface area contributed by atoms with Gasteiger partial charge in [-0.3, -0.25) is 4.79 Å². The maximum absolute atomic E-state index is 11.1. The van der Waals surface area contributed by atoms with Crippen molar-refractivity contribution in [3.63, 3.8) is 0 Å². The summed E-state index contributed by atoms with van der Waals surface area (Å²) in [6.45, 7) is 1.47. The Labute approximate surface area is 102 Å². The summed E-state index contributed by atoms with van der Waals surface area (Å²) < 4.78 is 6.14.